The number of aryl methyl sites for hydroxylation is 1. The van der Waals surface area contributed by atoms with Crippen LogP contribution in [0.4, 0.5) is 0 Å². The molecule has 122 valence electrons. The van der Waals surface area contributed by atoms with Crippen molar-refractivity contribution in [3.8, 4) is 5.75 Å². The van der Waals surface area contributed by atoms with Crippen molar-refractivity contribution in [1.29, 1.82) is 0 Å². The smallest absolute Gasteiger partial charge is 0.222 e. The predicted molar refractivity (Wildman–Crippen MR) is 89.2 cm³/mol. The Kier molecular flexibility index (Phi) is 6.72. The van der Waals surface area contributed by atoms with Crippen molar-refractivity contribution < 1.29 is 9.53 Å². The summed E-state index contributed by atoms with van der Waals surface area (Å²) in [6.07, 6.45) is 4.60. The summed E-state index contributed by atoms with van der Waals surface area (Å²) in [5, 5.41) is 3.29. The minimum absolute atomic E-state index is 0.296. The maximum Gasteiger partial charge on any atom is 0.222 e. The molecular formula is C18H28N2O2. The van der Waals surface area contributed by atoms with Gasteiger partial charge < -0.3 is 15.0 Å². The quantitative estimate of drug-likeness (QED) is 0.788. The molecule has 0 bridgehead atoms. The lowest BCUT2D eigenvalue weighted by Gasteiger charge is -2.31. The molecule has 0 saturated carbocycles. The molecule has 1 amide bonds. The van der Waals surface area contributed by atoms with Crippen molar-refractivity contribution in [3.05, 3.63) is 29.8 Å². The second-order valence-corrected chi connectivity index (χ2v) is 6.07. The molecule has 1 N–H and O–H groups in total. The lowest BCUT2D eigenvalue weighted by Crippen LogP contribution is -2.43. The van der Waals surface area contributed by atoms with Gasteiger partial charge in [-0.1, -0.05) is 12.1 Å². The molecule has 22 heavy (non-hydrogen) atoms. The van der Waals surface area contributed by atoms with Crippen LogP contribution in [-0.2, 0) is 4.79 Å². The number of piperidine rings is 1. The highest BCUT2D eigenvalue weighted by atomic mass is 16.5. The van der Waals surface area contributed by atoms with Crippen LogP contribution in [0, 0.1) is 6.92 Å². The number of unbranched alkanes of at least 4 members (excludes halogenated alkanes) is 1. The molecule has 2 rings (SSSR count). The Morgan fingerprint density at radius 3 is 2.77 bits per heavy atom. The number of benzene rings is 1. The summed E-state index contributed by atoms with van der Waals surface area (Å²) < 4.78 is 5.71. The fourth-order valence-electron chi connectivity index (χ4n) is 2.85. The van der Waals surface area contributed by atoms with E-state index in [0.29, 0.717) is 25.0 Å². The van der Waals surface area contributed by atoms with Crippen molar-refractivity contribution >= 4 is 5.91 Å². The number of carbonyl (C=O) groups is 1. The van der Waals surface area contributed by atoms with E-state index in [1.807, 2.05) is 30.1 Å². The normalized spacial score (nSPS) is 15.8. The highest BCUT2D eigenvalue weighted by molar-refractivity contribution is 5.76. The third-order valence-corrected chi connectivity index (χ3v) is 4.30. The van der Waals surface area contributed by atoms with Crippen molar-refractivity contribution in [2.24, 2.45) is 0 Å². The van der Waals surface area contributed by atoms with E-state index in [1.165, 1.54) is 5.56 Å². The van der Waals surface area contributed by atoms with Crippen LogP contribution in [0.2, 0.25) is 0 Å². The zero-order valence-electron chi connectivity index (χ0n) is 13.8. The fourth-order valence-corrected chi connectivity index (χ4v) is 2.85. The molecule has 1 heterocycles. The molecule has 1 saturated heterocycles. The molecule has 1 aliphatic heterocycles. The summed E-state index contributed by atoms with van der Waals surface area (Å²) in [5.41, 5.74) is 1.21. The predicted octanol–water partition coefficient (Wildman–Crippen LogP) is 2.75. The molecule has 4 nitrogen and oxygen atoms in total. The van der Waals surface area contributed by atoms with Crippen molar-refractivity contribution in [2.45, 2.75) is 45.1 Å². The standard InChI is InChI=1S/C18H28N2O2/c1-15-6-5-7-17(14-15)22-13-4-3-8-18(21)20-11-9-16(19-2)10-12-20/h5-7,14,16,19H,3-4,8-13H2,1-2H3. The van der Waals surface area contributed by atoms with E-state index < -0.39 is 0 Å². The van der Waals surface area contributed by atoms with Crippen LogP contribution in [0.3, 0.4) is 0 Å². The van der Waals surface area contributed by atoms with E-state index in [1.54, 1.807) is 0 Å². The summed E-state index contributed by atoms with van der Waals surface area (Å²) in [4.78, 5) is 14.1. The molecule has 0 atom stereocenters. The van der Waals surface area contributed by atoms with Gasteiger partial charge in [0.05, 0.1) is 6.61 Å². The van der Waals surface area contributed by atoms with Crippen molar-refractivity contribution in [2.75, 3.05) is 26.7 Å². The van der Waals surface area contributed by atoms with Gasteiger partial charge in [-0.2, -0.15) is 0 Å². The Morgan fingerprint density at radius 2 is 2.09 bits per heavy atom. The number of hydrogen-bond donors (Lipinski definition) is 1. The van der Waals surface area contributed by atoms with Gasteiger partial charge in [-0.3, -0.25) is 4.79 Å². The van der Waals surface area contributed by atoms with Gasteiger partial charge in [-0.05, 0) is 57.4 Å². The van der Waals surface area contributed by atoms with Crippen LogP contribution in [0.1, 0.15) is 37.7 Å². The van der Waals surface area contributed by atoms with Crippen LogP contribution >= 0.6 is 0 Å². The summed E-state index contributed by atoms with van der Waals surface area (Å²) in [7, 11) is 2.00. The average molecular weight is 304 g/mol. The van der Waals surface area contributed by atoms with Crippen LogP contribution in [0.15, 0.2) is 24.3 Å². The van der Waals surface area contributed by atoms with Gasteiger partial charge in [0.15, 0.2) is 0 Å². The molecular weight excluding hydrogens is 276 g/mol. The molecule has 0 spiro atoms. The summed E-state index contributed by atoms with van der Waals surface area (Å²) in [6, 6.07) is 8.65. The maximum atomic E-state index is 12.1. The highest BCUT2D eigenvalue weighted by Gasteiger charge is 2.20. The molecule has 0 unspecified atom stereocenters. The zero-order valence-corrected chi connectivity index (χ0v) is 13.8. The summed E-state index contributed by atoms with van der Waals surface area (Å²) >= 11 is 0. The van der Waals surface area contributed by atoms with Gasteiger partial charge in [0, 0.05) is 25.6 Å². The number of hydrogen-bond acceptors (Lipinski definition) is 3. The first kappa shape index (κ1) is 16.8. The van der Waals surface area contributed by atoms with E-state index in [4.69, 9.17) is 4.74 Å². The molecule has 1 aromatic carbocycles. The van der Waals surface area contributed by atoms with Crippen molar-refractivity contribution in [3.63, 3.8) is 0 Å². The van der Waals surface area contributed by atoms with E-state index in [2.05, 4.69) is 18.3 Å². The van der Waals surface area contributed by atoms with Crippen LogP contribution in [-0.4, -0.2) is 43.6 Å². The first-order valence-electron chi connectivity index (χ1n) is 8.33. The number of carbonyl (C=O) groups excluding carboxylic acids is 1. The molecule has 4 heteroatoms. The molecule has 0 aromatic heterocycles. The number of nitrogens with one attached hydrogen (secondary N) is 1. The van der Waals surface area contributed by atoms with Crippen LogP contribution < -0.4 is 10.1 Å². The molecule has 0 radical (unpaired) electrons. The zero-order chi connectivity index (χ0) is 15.8. The number of rotatable bonds is 7. The number of amides is 1. The van der Waals surface area contributed by atoms with E-state index in [0.717, 1.165) is 44.5 Å². The van der Waals surface area contributed by atoms with Gasteiger partial charge in [0.1, 0.15) is 5.75 Å². The third-order valence-electron chi connectivity index (χ3n) is 4.30. The van der Waals surface area contributed by atoms with Gasteiger partial charge in [0.25, 0.3) is 0 Å². The van der Waals surface area contributed by atoms with Crippen LogP contribution in [0.25, 0.3) is 0 Å². The molecule has 1 aliphatic rings. The average Bonchev–Trinajstić information content (AvgIpc) is 2.54. The van der Waals surface area contributed by atoms with Gasteiger partial charge in [-0.25, -0.2) is 0 Å². The summed E-state index contributed by atoms with van der Waals surface area (Å²) in [5.74, 6) is 1.21. The lowest BCUT2D eigenvalue weighted by atomic mass is 10.0. The highest BCUT2D eigenvalue weighted by Crippen LogP contribution is 2.14. The van der Waals surface area contributed by atoms with Crippen LogP contribution in [0.5, 0.6) is 5.75 Å². The minimum atomic E-state index is 0.296. The second-order valence-electron chi connectivity index (χ2n) is 6.07. The second kappa shape index (κ2) is 8.79. The Bertz CT molecular complexity index is 468. The van der Waals surface area contributed by atoms with E-state index in [9.17, 15) is 4.79 Å². The van der Waals surface area contributed by atoms with Crippen molar-refractivity contribution in [1.82, 2.24) is 10.2 Å². The Hall–Kier alpha value is -1.55. The third kappa shape index (κ3) is 5.34. The Morgan fingerprint density at radius 1 is 1.32 bits per heavy atom. The minimum Gasteiger partial charge on any atom is -0.494 e. The number of nitrogens with zero attached hydrogens (tertiary/aromatic N) is 1. The SMILES string of the molecule is CNC1CCN(C(=O)CCCCOc2cccc(C)c2)CC1. The molecule has 0 aliphatic carbocycles. The first-order valence-corrected chi connectivity index (χ1v) is 8.33. The van der Waals surface area contributed by atoms with E-state index >= 15 is 0 Å². The van der Waals surface area contributed by atoms with Gasteiger partial charge in [-0.15, -0.1) is 0 Å². The summed E-state index contributed by atoms with van der Waals surface area (Å²) in [6.45, 7) is 4.52. The Labute approximate surface area is 133 Å². The van der Waals surface area contributed by atoms with E-state index in [-0.39, 0.29) is 0 Å². The molecule has 1 fully saturated rings. The first-order chi connectivity index (χ1) is 10.7. The van der Waals surface area contributed by atoms with Gasteiger partial charge in [0.2, 0.25) is 5.91 Å². The van der Waals surface area contributed by atoms with Gasteiger partial charge >= 0.3 is 0 Å². The number of ether oxygens (including phenoxy) is 1. The largest absolute Gasteiger partial charge is 0.494 e. The lowest BCUT2D eigenvalue weighted by molar-refractivity contribution is -0.132. The maximum absolute atomic E-state index is 12.1. The number of likely N-dealkylation sites (tertiary alicyclic amines) is 1. The topological polar surface area (TPSA) is 41.6 Å². The monoisotopic (exact) mass is 304 g/mol. The Balaban J connectivity index is 1.57. The molecule has 1 aromatic rings. The fraction of sp³-hybridized carbons (Fsp3) is 0.611.